The van der Waals surface area contributed by atoms with Crippen molar-refractivity contribution in [2.24, 2.45) is 0 Å². The number of aromatic hydroxyl groups is 1. The minimum absolute atomic E-state index is 0.0600. The fraction of sp³-hybridized carbons (Fsp3) is 0.385. The number of hydrogen-bond donors (Lipinski definition) is 1. The summed E-state index contributed by atoms with van der Waals surface area (Å²) in [5.41, 5.74) is 0.0600. The lowest BCUT2D eigenvalue weighted by atomic mass is 10.2. The molecule has 0 saturated carbocycles. The van der Waals surface area contributed by atoms with Crippen molar-refractivity contribution in [1.82, 2.24) is 4.90 Å². The van der Waals surface area contributed by atoms with Crippen LogP contribution >= 0.6 is 0 Å². The highest BCUT2D eigenvalue weighted by Crippen LogP contribution is 2.16. The van der Waals surface area contributed by atoms with Gasteiger partial charge in [-0.2, -0.15) is 0 Å². The van der Waals surface area contributed by atoms with Crippen LogP contribution in [-0.2, 0) is 9.53 Å². The monoisotopic (exact) mass is 251 g/mol. The lowest BCUT2D eigenvalue weighted by Crippen LogP contribution is -2.34. The molecule has 0 aliphatic heterocycles. The molecule has 18 heavy (non-hydrogen) atoms. The van der Waals surface area contributed by atoms with E-state index in [0.717, 1.165) is 0 Å². The molecule has 98 valence electrons. The van der Waals surface area contributed by atoms with Crippen LogP contribution in [-0.4, -0.2) is 41.6 Å². The zero-order valence-electron chi connectivity index (χ0n) is 10.5. The summed E-state index contributed by atoms with van der Waals surface area (Å²) in [5, 5.41) is 9.45. The predicted molar refractivity (Wildman–Crippen MR) is 66.3 cm³/mol. The molecule has 1 amide bonds. The number of phenolic OH excluding ortho intramolecular Hbond substituents is 1. The number of carbonyl (C=O) groups excluding carboxylic acids is 2. The Morgan fingerprint density at radius 2 is 1.83 bits per heavy atom. The molecule has 0 radical (unpaired) electrons. The van der Waals surface area contributed by atoms with E-state index in [-0.39, 0.29) is 23.8 Å². The second-order valence-corrected chi connectivity index (χ2v) is 3.66. The van der Waals surface area contributed by atoms with Crippen molar-refractivity contribution >= 4 is 11.9 Å². The molecule has 0 unspecified atom stereocenters. The second-order valence-electron chi connectivity index (χ2n) is 3.66. The van der Waals surface area contributed by atoms with Gasteiger partial charge in [0.25, 0.3) is 5.91 Å². The summed E-state index contributed by atoms with van der Waals surface area (Å²) in [6, 6.07) is 6.05. The van der Waals surface area contributed by atoms with Gasteiger partial charge in [-0.15, -0.1) is 0 Å². The van der Waals surface area contributed by atoms with Crippen molar-refractivity contribution < 1.29 is 19.4 Å². The van der Waals surface area contributed by atoms with E-state index >= 15 is 0 Å². The molecule has 0 fully saturated rings. The highest BCUT2D eigenvalue weighted by atomic mass is 16.5. The van der Waals surface area contributed by atoms with Crippen molar-refractivity contribution in [2.75, 3.05) is 19.7 Å². The minimum Gasteiger partial charge on any atom is -0.507 e. The Balaban J connectivity index is 2.57. The summed E-state index contributed by atoms with van der Waals surface area (Å²) in [4.78, 5) is 24.8. The van der Waals surface area contributed by atoms with Crippen LogP contribution in [0.5, 0.6) is 5.75 Å². The zero-order chi connectivity index (χ0) is 13.5. The molecule has 1 N–H and O–H groups in total. The van der Waals surface area contributed by atoms with Crippen LogP contribution in [0.1, 0.15) is 24.2 Å². The van der Waals surface area contributed by atoms with Crippen molar-refractivity contribution in [3.8, 4) is 5.75 Å². The SMILES string of the molecule is CCN(CC)C(=O)COC(=O)c1ccccc1O. The number of likely N-dealkylation sites (N-methyl/N-ethyl adjacent to an activating group) is 1. The molecule has 0 heterocycles. The normalized spacial score (nSPS) is 9.89. The van der Waals surface area contributed by atoms with E-state index in [0.29, 0.717) is 13.1 Å². The molecule has 1 rings (SSSR count). The molecule has 0 aliphatic rings. The number of rotatable bonds is 5. The molecular formula is C13H17NO4. The molecule has 0 spiro atoms. The third-order valence-electron chi connectivity index (χ3n) is 2.57. The van der Waals surface area contributed by atoms with Crippen molar-refractivity contribution in [1.29, 1.82) is 0 Å². The summed E-state index contributed by atoms with van der Waals surface area (Å²) in [6.45, 7) is 4.54. The molecule has 0 bridgehead atoms. The van der Waals surface area contributed by atoms with Crippen LogP contribution in [0.4, 0.5) is 0 Å². The Bertz CT molecular complexity index is 427. The van der Waals surface area contributed by atoms with Gasteiger partial charge in [0.05, 0.1) is 0 Å². The van der Waals surface area contributed by atoms with Gasteiger partial charge < -0.3 is 14.7 Å². The molecule has 1 aromatic carbocycles. The van der Waals surface area contributed by atoms with Gasteiger partial charge in [-0.3, -0.25) is 4.79 Å². The smallest absolute Gasteiger partial charge is 0.342 e. The largest absolute Gasteiger partial charge is 0.507 e. The number of amides is 1. The Morgan fingerprint density at radius 1 is 1.22 bits per heavy atom. The predicted octanol–water partition coefficient (Wildman–Crippen LogP) is 1.42. The van der Waals surface area contributed by atoms with Crippen LogP contribution < -0.4 is 0 Å². The Kier molecular flexibility index (Phi) is 5.17. The van der Waals surface area contributed by atoms with E-state index in [1.54, 1.807) is 17.0 Å². The number of benzene rings is 1. The third kappa shape index (κ3) is 3.48. The molecule has 5 nitrogen and oxygen atoms in total. The molecule has 0 aliphatic carbocycles. The summed E-state index contributed by atoms with van der Waals surface area (Å²) in [6.07, 6.45) is 0. The quantitative estimate of drug-likeness (QED) is 0.804. The first-order valence-electron chi connectivity index (χ1n) is 5.83. The summed E-state index contributed by atoms with van der Waals surface area (Å²) in [5.74, 6) is -1.10. The maximum absolute atomic E-state index is 11.6. The number of esters is 1. The van der Waals surface area contributed by atoms with Crippen LogP contribution in [0.3, 0.4) is 0 Å². The first-order valence-corrected chi connectivity index (χ1v) is 5.83. The van der Waals surface area contributed by atoms with E-state index in [9.17, 15) is 14.7 Å². The number of nitrogens with zero attached hydrogens (tertiary/aromatic N) is 1. The van der Waals surface area contributed by atoms with Crippen LogP contribution in [0.2, 0.25) is 0 Å². The number of phenols is 1. The highest BCUT2D eigenvalue weighted by Gasteiger charge is 2.15. The van der Waals surface area contributed by atoms with Crippen LogP contribution in [0, 0.1) is 0 Å². The molecular weight excluding hydrogens is 234 g/mol. The van der Waals surface area contributed by atoms with Gasteiger partial charge in [-0.25, -0.2) is 4.79 Å². The maximum Gasteiger partial charge on any atom is 0.342 e. The lowest BCUT2D eigenvalue weighted by Gasteiger charge is -2.18. The van der Waals surface area contributed by atoms with E-state index in [4.69, 9.17) is 4.74 Å². The number of ether oxygens (including phenoxy) is 1. The molecule has 0 saturated heterocycles. The fourth-order valence-corrected chi connectivity index (χ4v) is 1.52. The van der Waals surface area contributed by atoms with Crippen LogP contribution in [0.15, 0.2) is 24.3 Å². The van der Waals surface area contributed by atoms with E-state index < -0.39 is 5.97 Å². The van der Waals surface area contributed by atoms with Crippen molar-refractivity contribution in [3.05, 3.63) is 29.8 Å². The van der Waals surface area contributed by atoms with E-state index in [1.165, 1.54) is 12.1 Å². The average molecular weight is 251 g/mol. The number of carbonyl (C=O) groups is 2. The van der Waals surface area contributed by atoms with E-state index in [2.05, 4.69) is 0 Å². The Morgan fingerprint density at radius 3 is 2.39 bits per heavy atom. The van der Waals surface area contributed by atoms with Gasteiger partial charge in [0.15, 0.2) is 6.61 Å². The topological polar surface area (TPSA) is 66.8 Å². The van der Waals surface area contributed by atoms with Gasteiger partial charge in [-0.1, -0.05) is 12.1 Å². The standard InChI is InChI=1S/C13H17NO4/c1-3-14(4-2)12(16)9-18-13(17)10-7-5-6-8-11(10)15/h5-8,15H,3-4,9H2,1-2H3. The highest BCUT2D eigenvalue weighted by molar-refractivity contribution is 5.93. The van der Waals surface area contributed by atoms with Crippen molar-refractivity contribution in [3.63, 3.8) is 0 Å². The molecule has 1 aromatic rings. The summed E-state index contributed by atoms with van der Waals surface area (Å²) < 4.78 is 4.87. The maximum atomic E-state index is 11.6. The molecule has 5 heteroatoms. The fourth-order valence-electron chi connectivity index (χ4n) is 1.52. The summed E-state index contributed by atoms with van der Waals surface area (Å²) >= 11 is 0. The lowest BCUT2D eigenvalue weighted by molar-refractivity contribution is -0.134. The molecule has 0 aromatic heterocycles. The van der Waals surface area contributed by atoms with Crippen molar-refractivity contribution in [2.45, 2.75) is 13.8 Å². The first-order chi connectivity index (χ1) is 8.60. The van der Waals surface area contributed by atoms with Gasteiger partial charge in [0.2, 0.25) is 0 Å². The summed E-state index contributed by atoms with van der Waals surface area (Å²) in [7, 11) is 0. The Hall–Kier alpha value is -2.04. The molecule has 0 atom stereocenters. The Labute approximate surface area is 106 Å². The number of para-hydroxylation sites is 1. The third-order valence-corrected chi connectivity index (χ3v) is 2.57. The first kappa shape index (κ1) is 14.0. The van der Waals surface area contributed by atoms with Gasteiger partial charge >= 0.3 is 5.97 Å². The van der Waals surface area contributed by atoms with E-state index in [1.807, 2.05) is 13.8 Å². The van der Waals surface area contributed by atoms with Gasteiger partial charge in [0, 0.05) is 13.1 Å². The van der Waals surface area contributed by atoms with Gasteiger partial charge in [0.1, 0.15) is 11.3 Å². The minimum atomic E-state index is -0.700. The van der Waals surface area contributed by atoms with Crippen LogP contribution in [0.25, 0.3) is 0 Å². The number of hydrogen-bond acceptors (Lipinski definition) is 4. The average Bonchev–Trinajstić information content (AvgIpc) is 2.38. The zero-order valence-corrected chi connectivity index (χ0v) is 10.5. The van der Waals surface area contributed by atoms with Gasteiger partial charge in [-0.05, 0) is 26.0 Å². The second kappa shape index (κ2) is 6.64.